The largest absolute Gasteiger partial charge is 0.494 e. The van der Waals surface area contributed by atoms with Crippen molar-refractivity contribution in [1.29, 1.82) is 0 Å². The molecule has 1 heterocycles. The molecule has 0 bridgehead atoms. The number of carbonyl (C=O) groups is 1. The molecule has 2 aromatic rings. The Balaban J connectivity index is 1.89. The third-order valence-electron chi connectivity index (χ3n) is 5.53. The molecule has 180 valence electrons. The second-order valence-corrected chi connectivity index (χ2v) is 9.50. The van der Waals surface area contributed by atoms with Crippen LogP contribution in [0.2, 0.25) is 0 Å². The minimum absolute atomic E-state index is 0.0704. The summed E-state index contributed by atoms with van der Waals surface area (Å²) in [5.41, 5.74) is 1.59. The molecule has 1 saturated heterocycles. The lowest BCUT2D eigenvalue weighted by molar-refractivity contribution is -0.115. The van der Waals surface area contributed by atoms with Crippen molar-refractivity contribution in [2.75, 3.05) is 56.7 Å². The fourth-order valence-corrected chi connectivity index (χ4v) is 5.19. The van der Waals surface area contributed by atoms with Crippen molar-refractivity contribution in [3.8, 4) is 5.75 Å². The first-order valence-corrected chi connectivity index (χ1v) is 12.3. The number of amides is 1. The molecule has 1 amide bonds. The van der Waals surface area contributed by atoms with Crippen molar-refractivity contribution in [1.82, 2.24) is 4.31 Å². The Morgan fingerprint density at radius 2 is 1.85 bits per heavy atom. The summed E-state index contributed by atoms with van der Waals surface area (Å²) in [5.74, 6) is -0.830. The van der Waals surface area contributed by atoms with Crippen LogP contribution in [0.5, 0.6) is 5.75 Å². The van der Waals surface area contributed by atoms with Gasteiger partial charge in [-0.3, -0.25) is 4.79 Å². The van der Waals surface area contributed by atoms with E-state index in [0.717, 1.165) is 5.69 Å². The molecule has 1 fully saturated rings. The van der Waals surface area contributed by atoms with Gasteiger partial charge in [-0.25, -0.2) is 12.8 Å². The van der Waals surface area contributed by atoms with E-state index in [2.05, 4.69) is 5.32 Å². The molecule has 3 rings (SSSR count). The van der Waals surface area contributed by atoms with E-state index < -0.39 is 15.8 Å². The first-order valence-electron chi connectivity index (χ1n) is 10.9. The highest BCUT2D eigenvalue weighted by atomic mass is 32.2. The molecule has 0 spiro atoms. The number of halogens is 1. The average molecular weight is 480 g/mol. The van der Waals surface area contributed by atoms with E-state index >= 15 is 0 Å². The Bertz CT molecular complexity index is 1080. The summed E-state index contributed by atoms with van der Waals surface area (Å²) in [4.78, 5) is 14.9. The Morgan fingerprint density at radius 3 is 2.45 bits per heavy atom. The fraction of sp³-hybridized carbons (Fsp3) is 0.435. The van der Waals surface area contributed by atoms with Crippen LogP contribution in [0, 0.1) is 5.82 Å². The zero-order chi connectivity index (χ0) is 24.0. The summed E-state index contributed by atoms with van der Waals surface area (Å²) in [6, 6.07) is 9.10. The summed E-state index contributed by atoms with van der Waals surface area (Å²) >= 11 is 0. The molecule has 0 unspecified atom stereocenters. The highest BCUT2D eigenvalue weighted by Gasteiger charge is 2.27. The number of ether oxygens (including phenoxy) is 2. The SMILES string of the molecule is CCN(CC)c1ccc(S(=O)(=O)N2CCOCC2)cc1NC(=O)Cc1ccc(OC)c(F)c1. The van der Waals surface area contributed by atoms with Crippen LogP contribution in [0.1, 0.15) is 19.4 Å². The number of methoxy groups -OCH3 is 1. The predicted molar refractivity (Wildman–Crippen MR) is 125 cm³/mol. The predicted octanol–water partition coefficient (Wildman–Crippen LogP) is 2.88. The van der Waals surface area contributed by atoms with Crippen LogP contribution in [-0.2, 0) is 26.0 Å². The van der Waals surface area contributed by atoms with Gasteiger partial charge in [0, 0.05) is 26.2 Å². The van der Waals surface area contributed by atoms with Crippen LogP contribution >= 0.6 is 0 Å². The van der Waals surface area contributed by atoms with Gasteiger partial charge in [0.15, 0.2) is 11.6 Å². The number of hydrogen-bond acceptors (Lipinski definition) is 6. The molecule has 8 nitrogen and oxygen atoms in total. The topological polar surface area (TPSA) is 88.2 Å². The summed E-state index contributed by atoms with van der Waals surface area (Å²) in [6.45, 7) is 6.58. The molecular formula is C23H30FN3O5S. The van der Waals surface area contributed by atoms with Crippen LogP contribution < -0.4 is 15.0 Å². The van der Waals surface area contributed by atoms with E-state index in [0.29, 0.717) is 37.6 Å². The number of sulfonamides is 1. The maximum atomic E-state index is 14.0. The number of nitrogens with one attached hydrogen (secondary N) is 1. The number of anilines is 2. The van der Waals surface area contributed by atoms with Crippen LogP contribution in [0.15, 0.2) is 41.3 Å². The van der Waals surface area contributed by atoms with Crippen LogP contribution in [0.25, 0.3) is 0 Å². The highest BCUT2D eigenvalue weighted by Crippen LogP contribution is 2.31. The summed E-state index contributed by atoms with van der Waals surface area (Å²) in [6.07, 6.45) is -0.0704. The van der Waals surface area contributed by atoms with Crippen molar-refractivity contribution < 1.29 is 27.1 Å². The quantitative estimate of drug-likeness (QED) is 0.595. The molecule has 1 aliphatic heterocycles. The van der Waals surface area contributed by atoms with Crippen molar-refractivity contribution >= 4 is 27.3 Å². The molecule has 0 atom stereocenters. The third-order valence-corrected chi connectivity index (χ3v) is 7.43. The van der Waals surface area contributed by atoms with Gasteiger partial charge in [0.25, 0.3) is 0 Å². The van der Waals surface area contributed by atoms with Gasteiger partial charge < -0.3 is 19.7 Å². The maximum Gasteiger partial charge on any atom is 0.243 e. The van der Waals surface area contributed by atoms with E-state index in [1.165, 1.54) is 29.6 Å². The fourth-order valence-electron chi connectivity index (χ4n) is 3.75. The van der Waals surface area contributed by atoms with E-state index in [1.54, 1.807) is 18.2 Å². The molecule has 0 saturated carbocycles. The van der Waals surface area contributed by atoms with E-state index in [4.69, 9.17) is 9.47 Å². The first-order chi connectivity index (χ1) is 15.8. The molecule has 0 aliphatic carbocycles. The Kier molecular flexibility index (Phi) is 8.28. The van der Waals surface area contributed by atoms with Crippen LogP contribution in [0.4, 0.5) is 15.8 Å². The highest BCUT2D eigenvalue weighted by molar-refractivity contribution is 7.89. The number of nitrogens with zero attached hydrogens (tertiary/aromatic N) is 2. The molecule has 0 aromatic heterocycles. The molecule has 0 radical (unpaired) electrons. The molecule has 33 heavy (non-hydrogen) atoms. The average Bonchev–Trinajstić information content (AvgIpc) is 2.81. The second kappa shape index (κ2) is 11.0. The second-order valence-electron chi connectivity index (χ2n) is 7.56. The Morgan fingerprint density at radius 1 is 1.15 bits per heavy atom. The van der Waals surface area contributed by atoms with Gasteiger partial charge in [-0.15, -0.1) is 0 Å². The molecule has 1 aliphatic rings. The minimum atomic E-state index is -3.73. The monoisotopic (exact) mass is 479 g/mol. The lowest BCUT2D eigenvalue weighted by Crippen LogP contribution is -2.40. The van der Waals surface area contributed by atoms with Gasteiger partial charge in [-0.2, -0.15) is 4.31 Å². The minimum Gasteiger partial charge on any atom is -0.494 e. The molecule has 1 N–H and O–H groups in total. The first kappa shape index (κ1) is 24.9. The van der Waals surface area contributed by atoms with E-state index in [9.17, 15) is 17.6 Å². The van der Waals surface area contributed by atoms with Gasteiger partial charge in [0.1, 0.15) is 0 Å². The van der Waals surface area contributed by atoms with Gasteiger partial charge >= 0.3 is 0 Å². The lowest BCUT2D eigenvalue weighted by Gasteiger charge is -2.28. The smallest absolute Gasteiger partial charge is 0.243 e. The lowest BCUT2D eigenvalue weighted by atomic mass is 10.1. The number of carbonyl (C=O) groups excluding carboxylic acids is 1. The number of benzene rings is 2. The normalized spacial score (nSPS) is 14.7. The number of hydrogen-bond donors (Lipinski definition) is 1. The Hall–Kier alpha value is -2.69. The standard InChI is InChI=1S/C23H30FN3O5S/c1-4-26(5-2)21-8-7-18(33(29,30)27-10-12-32-13-11-27)16-20(21)25-23(28)15-17-6-9-22(31-3)19(24)14-17/h6-9,14,16H,4-5,10-13,15H2,1-3H3,(H,25,28). The zero-order valence-corrected chi connectivity index (χ0v) is 20.0. The summed E-state index contributed by atoms with van der Waals surface area (Å²) in [5, 5.41) is 2.83. The van der Waals surface area contributed by atoms with Gasteiger partial charge in [0.2, 0.25) is 15.9 Å². The summed E-state index contributed by atoms with van der Waals surface area (Å²) in [7, 11) is -2.36. The van der Waals surface area contributed by atoms with Crippen LogP contribution in [0.3, 0.4) is 0 Å². The number of morpholine rings is 1. The van der Waals surface area contributed by atoms with Gasteiger partial charge in [-0.05, 0) is 49.7 Å². The molecule has 2 aromatic carbocycles. The van der Waals surface area contributed by atoms with Crippen molar-refractivity contribution in [2.45, 2.75) is 25.2 Å². The number of rotatable bonds is 9. The zero-order valence-electron chi connectivity index (χ0n) is 19.1. The molecule has 10 heteroatoms. The maximum absolute atomic E-state index is 14.0. The van der Waals surface area contributed by atoms with Gasteiger partial charge in [-0.1, -0.05) is 6.07 Å². The van der Waals surface area contributed by atoms with Crippen LogP contribution in [-0.4, -0.2) is 65.1 Å². The van der Waals surface area contributed by atoms with Crippen molar-refractivity contribution in [2.24, 2.45) is 0 Å². The third kappa shape index (κ3) is 5.82. The van der Waals surface area contributed by atoms with Crippen molar-refractivity contribution in [3.05, 3.63) is 47.8 Å². The Labute approximate surface area is 194 Å². The van der Waals surface area contributed by atoms with E-state index in [-0.39, 0.29) is 36.1 Å². The van der Waals surface area contributed by atoms with Gasteiger partial charge in [0.05, 0.1) is 43.0 Å². The summed E-state index contributed by atoms with van der Waals surface area (Å²) < 4.78 is 51.8. The van der Waals surface area contributed by atoms with E-state index in [1.807, 2.05) is 18.7 Å². The van der Waals surface area contributed by atoms with Crippen molar-refractivity contribution in [3.63, 3.8) is 0 Å². The molecular weight excluding hydrogens is 449 g/mol.